The molecule has 2 N–H and O–H groups in total. The smallest absolute Gasteiger partial charge is 0.191 e. The molecule has 0 saturated heterocycles. The summed E-state index contributed by atoms with van der Waals surface area (Å²) in [5.41, 5.74) is 2.29. The first-order chi connectivity index (χ1) is 7.36. The van der Waals surface area contributed by atoms with Crippen molar-refractivity contribution >= 4 is 5.96 Å². The third-order valence-electron chi connectivity index (χ3n) is 2.44. The zero-order chi connectivity index (χ0) is 10.5. The summed E-state index contributed by atoms with van der Waals surface area (Å²) in [6.45, 7) is 4.72. The number of hydrogen-bond acceptors (Lipinski definition) is 4. The first-order valence-electron chi connectivity index (χ1n) is 5.29. The van der Waals surface area contributed by atoms with Gasteiger partial charge in [-0.25, -0.2) is 0 Å². The lowest BCUT2D eigenvalue weighted by Gasteiger charge is -2.16. The molecule has 0 aliphatic carbocycles. The second-order valence-electron chi connectivity index (χ2n) is 3.63. The number of nitrogens with zero attached hydrogens (tertiary/aromatic N) is 2. The van der Waals surface area contributed by atoms with Crippen molar-refractivity contribution in [2.45, 2.75) is 19.9 Å². The number of rotatable bonds is 2. The van der Waals surface area contributed by atoms with Crippen molar-refractivity contribution in [3.8, 4) is 0 Å². The highest BCUT2D eigenvalue weighted by Crippen LogP contribution is 2.02. The average molecular weight is 204 g/mol. The molecule has 2 rings (SSSR count). The second-order valence-corrected chi connectivity index (χ2v) is 3.63. The molecular formula is C11H16N4. The summed E-state index contributed by atoms with van der Waals surface area (Å²) in [5.74, 6) is 0.895. The van der Waals surface area contributed by atoms with E-state index >= 15 is 0 Å². The molecule has 80 valence electrons. The Kier molecular flexibility index (Phi) is 3.17. The maximum atomic E-state index is 4.34. The van der Waals surface area contributed by atoms with Crippen LogP contribution in [-0.4, -0.2) is 24.0 Å². The molecule has 0 fully saturated rings. The number of guanidine groups is 1. The first-order valence-corrected chi connectivity index (χ1v) is 5.29. The van der Waals surface area contributed by atoms with Crippen LogP contribution in [0.25, 0.3) is 0 Å². The maximum Gasteiger partial charge on any atom is 0.191 e. The maximum absolute atomic E-state index is 4.34. The van der Waals surface area contributed by atoms with Gasteiger partial charge in [-0.15, -0.1) is 0 Å². The molecule has 0 radical (unpaired) electrons. The van der Waals surface area contributed by atoms with E-state index in [9.17, 15) is 0 Å². The van der Waals surface area contributed by atoms with Crippen molar-refractivity contribution in [1.29, 1.82) is 0 Å². The Balaban J connectivity index is 1.93. The van der Waals surface area contributed by atoms with Crippen LogP contribution in [0.2, 0.25) is 0 Å². The van der Waals surface area contributed by atoms with Crippen LogP contribution < -0.4 is 10.6 Å². The van der Waals surface area contributed by atoms with E-state index in [0.717, 1.165) is 37.7 Å². The molecule has 2 heterocycles. The zero-order valence-electron chi connectivity index (χ0n) is 8.95. The van der Waals surface area contributed by atoms with Crippen molar-refractivity contribution in [3.63, 3.8) is 0 Å². The Labute approximate surface area is 89.8 Å². The fraction of sp³-hybridized carbons (Fsp3) is 0.455. The third kappa shape index (κ3) is 2.68. The summed E-state index contributed by atoms with van der Waals surface area (Å²) in [5, 5.41) is 6.47. The van der Waals surface area contributed by atoms with Crippen LogP contribution in [0, 0.1) is 6.92 Å². The van der Waals surface area contributed by atoms with Gasteiger partial charge in [0.1, 0.15) is 0 Å². The van der Waals surface area contributed by atoms with Gasteiger partial charge in [0, 0.05) is 19.3 Å². The summed E-state index contributed by atoms with van der Waals surface area (Å²) in [6, 6.07) is 4.02. The molecule has 15 heavy (non-hydrogen) atoms. The summed E-state index contributed by atoms with van der Waals surface area (Å²) in [6.07, 6.45) is 2.94. The van der Waals surface area contributed by atoms with Crippen LogP contribution in [0.4, 0.5) is 0 Å². The van der Waals surface area contributed by atoms with E-state index in [1.807, 2.05) is 12.3 Å². The van der Waals surface area contributed by atoms with Crippen LogP contribution in [0.3, 0.4) is 0 Å². The Morgan fingerprint density at radius 1 is 1.53 bits per heavy atom. The van der Waals surface area contributed by atoms with Gasteiger partial charge in [-0.1, -0.05) is 6.07 Å². The summed E-state index contributed by atoms with van der Waals surface area (Å²) in [4.78, 5) is 8.66. The Morgan fingerprint density at radius 2 is 2.47 bits per heavy atom. The van der Waals surface area contributed by atoms with Crippen LogP contribution in [0.15, 0.2) is 23.3 Å². The topological polar surface area (TPSA) is 49.3 Å². The van der Waals surface area contributed by atoms with Crippen LogP contribution >= 0.6 is 0 Å². The minimum Gasteiger partial charge on any atom is -0.356 e. The summed E-state index contributed by atoms with van der Waals surface area (Å²) >= 11 is 0. The molecule has 0 atom stereocenters. The Bertz CT molecular complexity index is 359. The number of aromatic nitrogens is 1. The lowest BCUT2D eigenvalue weighted by atomic mass is 10.2. The predicted octanol–water partition coefficient (Wildman–Crippen LogP) is 0.829. The fourth-order valence-corrected chi connectivity index (χ4v) is 1.52. The highest BCUT2D eigenvalue weighted by Gasteiger charge is 2.04. The van der Waals surface area contributed by atoms with Gasteiger partial charge in [0.25, 0.3) is 0 Å². The quantitative estimate of drug-likeness (QED) is 0.750. The molecule has 0 bridgehead atoms. The van der Waals surface area contributed by atoms with Crippen molar-refractivity contribution < 1.29 is 0 Å². The Morgan fingerprint density at radius 3 is 3.20 bits per heavy atom. The summed E-state index contributed by atoms with van der Waals surface area (Å²) in [7, 11) is 0. The lowest BCUT2D eigenvalue weighted by Crippen LogP contribution is -2.40. The molecule has 4 nitrogen and oxygen atoms in total. The van der Waals surface area contributed by atoms with Gasteiger partial charge in [0.2, 0.25) is 0 Å². The number of pyridine rings is 1. The van der Waals surface area contributed by atoms with Gasteiger partial charge in [-0.2, -0.15) is 0 Å². The molecule has 0 saturated carbocycles. The minimum atomic E-state index is 0.735. The molecule has 0 unspecified atom stereocenters. The van der Waals surface area contributed by atoms with E-state index in [0.29, 0.717) is 0 Å². The molecule has 0 aromatic carbocycles. The molecule has 0 amide bonds. The largest absolute Gasteiger partial charge is 0.356 e. The molecule has 1 aromatic rings. The molecule has 1 aliphatic rings. The average Bonchev–Trinajstić information content (AvgIpc) is 2.29. The van der Waals surface area contributed by atoms with E-state index in [4.69, 9.17) is 0 Å². The fourth-order valence-electron chi connectivity index (χ4n) is 1.52. The molecule has 4 heteroatoms. The van der Waals surface area contributed by atoms with E-state index < -0.39 is 0 Å². The number of aryl methyl sites for hydroxylation is 1. The number of hydrogen-bond donors (Lipinski definition) is 2. The van der Waals surface area contributed by atoms with Gasteiger partial charge in [-0.3, -0.25) is 9.98 Å². The van der Waals surface area contributed by atoms with Gasteiger partial charge in [-0.05, 0) is 25.0 Å². The van der Waals surface area contributed by atoms with Crippen LogP contribution in [0.1, 0.15) is 17.7 Å². The van der Waals surface area contributed by atoms with Crippen LogP contribution in [-0.2, 0) is 6.54 Å². The van der Waals surface area contributed by atoms with Crippen molar-refractivity contribution in [3.05, 3.63) is 29.6 Å². The summed E-state index contributed by atoms with van der Waals surface area (Å²) < 4.78 is 0. The van der Waals surface area contributed by atoms with Crippen molar-refractivity contribution in [2.75, 3.05) is 13.1 Å². The van der Waals surface area contributed by atoms with E-state index in [1.165, 1.54) is 5.56 Å². The molecule has 0 spiro atoms. The standard InChI is InChI=1S/C11H16N4/c1-9-4-2-5-12-10(9)8-15-11-13-6-3-7-14-11/h2,4-5H,3,6-8H2,1H3,(H2,13,14,15). The van der Waals surface area contributed by atoms with E-state index in [2.05, 4.69) is 33.6 Å². The SMILES string of the molecule is Cc1cccnc1CNC1=NCCCN1. The molecular weight excluding hydrogens is 188 g/mol. The first kappa shape index (κ1) is 9.96. The van der Waals surface area contributed by atoms with Crippen LogP contribution in [0.5, 0.6) is 0 Å². The van der Waals surface area contributed by atoms with Gasteiger partial charge >= 0.3 is 0 Å². The van der Waals surface area contributed by atoms with Gasteiger partial charge in [0.05, 0.1) is 12.2 Å². The van der Waals surface area contributed by atoms with Crippen molar-refractivity contribution in [2.24, 2.45) is 4.99 Å². The number of nitrogens with one attached hydrogen (secondary N) is 2. The van der Waals surface area contributed by atoms with Crippen molar-refractivity contribution in [1.82, 2.24) is 15.6 Å². The minimum absolute atomic E-state index is 0.735. The van der Waals surface area contributed by atoms with E-state index in [-0.39, 0.29) is 0 Å². The highest BCUT2D eigenvalue weighted by atomic mass is 15.2. The molecule has 1 aromatic heterocycles. The Hall–Kier alpha value is -1.58. The molecule has 1 aliphatic heterocycles. The van der Waals surface area contributed by atoms with Gasteiger partial charge in [0.15, 0.2) is 5.96 Å². The normalized spacial score (nSPS) is 15.4. The number of aliphatic imine (C=N–C) groups is 1. The van der Waals surface area contributed by atoms with E-state index in [1.54, 1.807) is 0 Å². The zero-order valence-corrected chi connectivity index (χ0v) is 8.95. The van der Waals surface area contributed by atoms with Gasteiger partial charge < -0.3 is 10.6 Å². The monoisotopic (exact) mass is 204 g/mol. The predicted molar refractivity (Wildman–Crippen MR) is 60.7 cm³/mol. The second kappa shape index (κ2) is 4.77. The third-order valence-corrected chi connectivity index (χ3v) is 2.44. The lowest BCUT2D eigenvalue weighted by molar-refractivity contribution is 0.697. The highest BCUT2D eigenvalue weighted by molar-refractivity contribution is 5.80.